The summed E-state index contributed by atoms with van der Waals surface area (Å²) in [5.41, 5.74) is 3.08. The maximum absolute atomic E-state index is 13.1. The summed E-state index contributed by atoms with van der Waals surface area (Å²) in [5.74, 6) is -0.473. The molecule has 0 aliphatic carbocycles. The Bertz CT molecular complexity index is 567. The lowest BCUT2D eigenvalue weighted by Crippen LogP contribution is -1.86. The SMILES string of the molecule is Cc1cccc(-c2ccc(F)c(C#N)c2)c1. The standard InChI is InChI=1S/C14H10FN/c1-10-3-2-4-11(7-10)12-5-6-14(15)13(8-12)9-16/h2-8H,1H3. The zero-order valence-corrected chi connectivity index (χ0v) is 8.87. The van der Waals surface area contributed by atoms with E-state index < -0.39 is 5.82 Å². The summed E-state index contributed by atoms with van der Waals surface area (Å²) in [6, 6.07) is 14.3. The highest BCUT2D eigenvalue weighted by atomic mass is 19.1. The van der Waals surface area contributed by atoms with Crippen LogP contribution in [0.2, 0.25) is 0 Å². The molecule has 2 aromatic rings. The van der Waals surface area contributed by atoms with E-state index in [1.165, 1.54) is 6.07 Å². The molecule has 0 aliphatic rings. The van der Waals surface area contributed by atoms with Crippen molar-refractivity contribution < 1.29 is 4.39 Å². The summed E-state index contributed by atoms with van der Waals surface area (Å²) in [5, 5.41) is 8.75. The van der Waals surface area contributed by atoms with Gasteiger partial charge in [0.15, 0.2) is 0 Å². The van der Waals surface area contributed by atoms with Crippen molar-refractivity contribution in [1.29, 1.82) is 5.26 Å². The Morgan fingerprint density at radius 1 is 1.06 bits per heavy atom. The van der Waals surface area contributed by atoms with Crippen LogP contribution in [0.25, 0.3) is 11.1 Å². The van der Waals surface area contributed by atoms with Crippen LogP contribution in [0.5, 0.6) is 0 Å². The Kier molecular flexibility index (Phi) is 2.70. The Labute approximate surface area is 93.8 Å². The van der Waals surface area contributed by atoms with Crippen molar-refractivity contribution in [2.75, 3.05) is 0 Å². The van der Waals surface area contributed by atoms with Gasteiger partial charge in [-0.25, -0.2) is 4.39 Å². The molecule has 2 rings (SSSR count). The number of nitrogens with zero attached hydrogens (tertiary/aromatic N) is 1. The first-order valence-electron chi connectivity index (χ1n) is 4.97. The fourth-order valence-corrected chi connectivity index (χ4v) is 1.62. The second-order valence-electron chi connectivity index (χ2n) is 3.68. The van der Waals surface area contributed by atoms with Gasteiger partial charge >= 0.3 is 0 Å². The summed E-state index contributed by atoms with van der Waals surface area (Å²) in [6.07, 6.45) is 0. The lowest BCUT2D eigenvalue weighted by Gasteiger charge is -2.03. The average Bonchev–Trinajstić information content (AvgIpc) is 2.29. The summed E-state index contributed by atoms with van der Waals surface area (Å²) in [6.45, 7) is 2.00. The lowest BCUT2D eigenvalue weighted by atomic mass is 10.0. The van der Waals surface area contributed by atoms with Gasteiger partial charge in [0.25, 0.3) is 0 Å². The average molecular weight is 211 g/mol. The first-order chi connectivity index (χ1) is 7.70. The minimum absolute atomic E-state index is 0.0824. The van der Waals surface area contributed by atoms with Crippen LogP contribution in [0.1, 0.15) is 11.1 Å². The molecule has 0 saturated carbocycles. The van der Waals surface area contributed by atoms with E-state index in [1.54, 1.807) is 12.1 Å². The van der Waals surface area contributed by atoms with Crippen molar-refractivity contribution in [2.24, 2.45) is 0 Å². The van der Waals surface area contributed by atoms with Crippen molar-refractivity contribution in [1.82, 2.24) is 0 Å². The molecular weight excluding hydrogens is 201 g/mol. The lowest BCUT2D eigenvalue weighted by molar-refractivity contribution is 0.624. The molecule has 0 aliphatic heterocycles. The molecule has 0 radical (unpaired) electrons. The molecule has 0 saturated heterocycles. The van der Waals surface area contributed by atoms with Crippen molar-refractivity contribution >= 4 is 0 Å². The van der Waals surface area contributed by atoms with Crippen molar-refractivity contribution in [2.45, 2.75) is 6.92 Å². The molecule has 2 aromatic carbocycles. The van der Waals surface area contributed by atoms with E-state index in [0.717, 1.165) is 16.7 Å². The van der Waals surface area contributed by atoms with Crippen LogP contribution in [0.4, 0.5) is 4.39 Å². The smallest absolute Gasteiger partial charge is 0.140 e. The molecular formula is C14H10FN. The predicted molar refractivity (Wildman–Crippen MR) is 61.3 cm³/mol. The Balaban J connectivity index is 2.54. The number of hydrogen-bond donors (Lipinski definition) is 0. The van der Waals surface area contributed by atoms with Gasteiger partial charge in [0.2, 0.25) is 0 Å². The van der Waals surface area contributed by atoms with Crippen LogP contribution >= 0.6 is 0 Å². The highest BCUT2D eigenvalue weighted by Gasteiger charge is 2.04. The number of halogens is 1. The zero-order chi connectivity index (χ0) is 11.5. The van der Waals surface area contributed by atoms with E-state index in [9.17, 15) is 4.39 Å². The Hall–Kier alpha value is -2.14. The Morgan fingerprint density at radius 2 is 1.81 bits per heavy atom. The van der Waals surface area contributed by atoms with Crippen LogP contribution in [0.15, 0.2) is 42.5 Å². The van der Waals surface area contributed by atoms with Crippen LogP contribution in [-0.2, 0) is 0 Å². The van der Waals surface area contributed by atoms with E-state index in [1.807, 2.05) is 37.3 Å². The predicted octanol–water partition coefficient (Wildman–Crippen LogP) is 3.67. The number of benzene rings is 2. The molecule has 0 heterocycles. The van der Waals surface area contributed by atoms with E-state index in [4.69, 9.17) is 5.26 Å². The quantitative estimate of drug-likeness (QED) is 0.706. The molecule has 16 heavy (non-hydrogen) atoms. The van der Waals surface area contributed by atoms with Gasteiger partial charge in [-0.15, -0.1) is 0 Å². The molecule has 2 heteroatoms. The normalized spacial score (nSPS) is 9.81. The maximum atomic E-state index is 13.1. The van der Waals surface area contributed by atoms with Gasteiger partial charge in [-0.2, -0.15) is 5.26 Å². The zero-order valence-electron chi connectivity index (χ0n) is 8.87. The van der Waals surface area contributed by atoms with Crippen LogP contribution in [0, 0.1) is 24.1 Å². The topological polar surface area (TPSA) is 23.8 Å². The molecule has 0 N–H and O–H groups in total. The number of aryl methyl sites for hydroxylation is 1. The monoisotopic (exact) mass is 211 g/mol. The van der Waals surface area contributed by atoms with Crippen LogP contribution in [0.3, 0.4) is 0 Å². The highest BCUT2D eigenvalue weighted by Crippen LogP contribution is 2.22. The van der Waals surface area contributed by atoms with Gasteiger partial charge in [0.1, 0.15) is 11.9 Å². The van der Waals surface area contributed by atoms with Gasteiger partial charge in [0, 0.05) is 0 Å². The second kappa shape index (κ2) is 4.16. The summed E-state index contributed by atoms with van der Waals surface area (Å²) >= 11 is 0. The van der Waals surface area contributed by atoms with E-state index in [2.05, 4.69) is 0 Å². The van der Waals surface area contributed by atoms with Crippen molar-refractivity contribution in [3.8, 4) is 17.2 Å². The van der Waals surface area contributed by atoms with Gasteiger partial charge in [-0.05, 0) is 30.2 Å². The molecule has 0 unspecified atom stereocenters. The molecule has 0 spiro atoms. The molecule has 0 amide bonds. The summed E-state index contributed by atoms with van der Waals surface area (Å²) in [4.78, 5) is 0. The van der Waals surface area contributed by atoms with E-state index >= 15 is 0 Å². The summed E-state index contributed by atoms with van der Waals surface area (Å²) < 4.78 is 13.1. The summed E-state index contributed by atoms with van der Waals surface area (Å²) in [7, 11) is 0. The van der Waals surface area contributed by atoms with Crippen molar-refractivity contribution in [3.05, 3.63) is 59.4 Å². The first-order valence-corrected chi connectivity index (χ1v) is 4.97. The minimum Gasteiger partial charge on any atom is -0.206 e. The van der Waals surface area contributed by atoms with E-state index in [-0.39, 0.29) is 5.56 Å². The largest absolute Gasteiger partial charge is 0.206 e. The van der Waals surface area contributed by atoms with Gasteiger partial charge < -0.3 is 0 Å². The molecule has 1 nitrogen and oxygen atoms in total. The third kappa shape index (κ3) is 1.94. The molecule has 78 valence electrons. The highest BCUT2D eigenvalue weighted by molar-refractivity contribution is 5.65. The fraction of sp³-hybridized carbons (Fsp3) is 0.0714. The molecule has 0 fully saturated rings. The molecule has 0 aromatic heterocycles. The number of rotatable bonds is 1. The Morgan fingerprint density at radius 3 is 2.50 bits per heavy atom. The van der Waals surface area contributed by atoms with Gasteiger partial charge in [-0.3, -0.25) is 0 Å². The van der Waals surface area contributed by atoms with Gasteiger partial charge in [0.05, 0.1) is 5.56 Å². The van der Waals surface area contributed by atoms with E-state index in [0.29, 0.717) is 0 Å². The van der Waals surface area contributed by atoms with Crippen LogP contribution in [-0.4, -0.2) is 0 Å². The third-order valence-electron chi connectivity index (χ3n) is 2.44. The number of hydrogen-bond acceptors (Lipinski definition) is 1. The third-order valence-corrected chi connectivity index (χ3v) is 2.44. The second-order valence-corrected chi connectivity index (χ2v) is 3.68. The molecule has 0 atom stereocenters. The number of nitriles is 1. The van der Waals surface area contributed by atoms with Gasteiger partial charge in [-0.1, -0.05) is 35.9 Å². The maximum Gasteiger partial charge on any atom is 0.140 e. The minimum atomic E-state index is -0.473. The first kappa shape index (κ1) is 10.4. The molecule has 0 bridgehead atoms. The van der Waals surface area contributed by atoms with Crippen molar-refractivity contribution in [3.63, 3.8) is 0 Å². The van der Waals surface area contributed by atoms with Crippen LogP contribution < -0.4 is 0 Å². The fourth-order valence-electron chi connectivity index (χ4n) is 1.62.